The van der Waals surface area contributed by atoms with Gasteiger partial charge in [0.05, 0.1) is 46.0 Å². The van der Waals surface area contributed by atoms with Crippen LogP contribution in [0.1, 0.15) is 129 Å². The van der Waals surface area contributed by atoms with Crippen LogP contribution in [0.5, 0.6) is 0 Å². The van der Waals surface area contributed by atoms with Gasteiger partial charge in [0, 0.05) is 6.42 Å². The first-order valence-electron chi connectivity index (χ1n) is 20.6. The summed E-state index contributed by atoms with van der Waals surface area (Å²) in [6.07, 6.45) is 44.0. The number of likely N-dealkylation sites (N-methyl/N-ethyl adjacent to an activating group) is 1. The third-order valence-electron chi connectivity index (χ3n) is 8.46. The number of aliphatic hydroxyl groups excluding tert-OH is 2. The monoisotopic (exact) mass is 778 g/mol. The molecule has 4 atom stereocenters. The van der Waals surface area contributed by atoms with Crippen LogP contribution >= 0.6 is 7.82 Å². The average Bonchev–Trinajstić information content (AvgIpc) is 3.11. The highest BCUT2D eigenvalue weighted by molar-refractivity contribution is 7.47. The van der Waals surface area contributed by atoms with Gasteiger partial charge < -0.3 is 24.9 Å². The molecule has 0 saturated heterocycles. The minimum atomic E-state index is -4.39. The minimum absolute atomic E-state index is 0.0247. The van der Waals surface area contributed by atoms with E-state index in [9.17, 15) is 24.5 Å². The molecule has 0 aromatic carbocycles. The van der Waals surface area contributed by atoms with E-state index in [0.29, 0.717) is 23.9 Å². The molecule has 10 heteroatoms. The molecule has 0 aliphatic rings. The molecule has 0 rings (SSSR count). The van der Waals surface area contributed by atoms with Crippen molar-refractivity contribution >= 4 is 13.7 Å². The number of phosphoric acid groups is 1. The molecule has 0 spiro atoms. The first-order chi connectivity index (χ1) is 25.9. The van der Waals surface area contributed by atoms with Crippen molar-refractivity contribution in [2.45, 2.75) is 148 Å². The van der Waals surface area contributed by atoms with Gasteiger partial charge >= 0.3 is 7.82 Å². The zero-order valence-corrected chi connectivity index (χ0v) is 35.4. The van der Waals surface area contributed by atoms with Gasteiger partial charge in [0.15, 0.2) is 0 Å². The van der Waals surface area contributed by atoms with Gasteiger partial charge in [-0.15, -0.1) is 0 Å². The van der Waals surface area contributed by atoms with Crippen molar-refractivity contribution in [3.8, 4) is 0 Å². The van der Waals surface area contributed by atoms with Crippen LogP contribution in [0.25, 0.3) is 0 Å². The number of nitrogens with zero attached hydrogens (tertiary/aromatic N) is 1. The van der Waals surface area contributed by atoms with Crippen LogP contribution in [0, 0.1) is 0 Å². The van der Waals surface area contributed by atoms with E-state index < -0.39 is 26.1 Å². The molecule has 4 N–H and O–H groups in total. The highest BCUT2D eigenvalue weighted by Gasteiger charge is 2.27. The van der Waals surface area contributed by atoms with Crippen molar-refractivity contribution in [3.63, 3.8) is 0 Å². The summed E-state index contributed by atoms with van der Waals surface area (Å²) in [6.45, 7) is 4.51. The van der Waals surface area contributed by atoms with Crippen molar-refractivity contribution < 1.29 is 38.0 Å². The molecule has 9 nitrogen and oxygen atoms in total. The van der Waals surface area contributed by atoms with Crippen molar-refractivity contribution in [2.75, 3.05) is 40.9 Å². The van der Waals surface area contributed by atoms with Gasteiger partial charge in [-0.2, -0.15) is 0 Å². The molecule has 0 radical (unpaired) electrons. The lowest BCUT2D eigenvalue weighted by Gasteiger charge is -2.25. The molecule has 0 aliphatic carbocycles. The van der Waals surface area contributed by atoms with E-state index in [0.717, 1.165) is 44.9 Å². The Morgan fingerprint density at radius 2 is 1.30 bits per heavy atom. The Labute approximate surface area is 329 Å². The second-order valence-electron chi connectivity index (χ2n) is 14.8. The Kier molecular flexibility index (Phi) is 33.5. The van der Waals surface area contributed by atoms with Crippen LogP contribution in [0.3, 0.4) is 0 Å². The summed E-state index contributed by atoms with van der Waals surface area (Å²) >= 11 is 0. The summed E-state index contributed by atoms with van der Waals surface area (Å²) in [4.78, 5) is 23.0. The zero-order chi connectivity index (χ0) is 40.2. The first kappa shape index (κ1) is 51.6. The van der Waals surface area contributed by atoms with Crippen LogP contribution in [-0.2, 0) is 18.4 Å². The molecule has 0 saturated carbocycles. The fourth-order valence-corrected chi connectivity index (χ4v) is 5.88. The lowest BCUT2D eigenvalue weighted by atomic mass is 10.1. The molecule has 0 aliphatic heterocycles. The van der Waals surface area contributed by atoms with E-state index in [4.69, 9.17) is 9.05 Å². The van der Waals surface area contributed by atoms with Gasteiger partial charge in [0.25, 0.3) is 0 Å². The third kappa shape index (κ3) is 36.6. The predicted molar refractivity (Wildman–Crippen MR) is 227 cm³/mol. The Morgan fingerprint density at radius 3 is 1.91 bits per heavy atom. The molecule has 0 aromatic heterocycles. The maximum absolute atomic E-state index is 12.8. The third-order valence-corrected chi connectivity index (χ3v) is 9.45. The maximum Gasteiger partial charge on any atom is 0.472 e. The Bertz CT molecular complexity index is 1170. The van der Waals surface area contributed by atoms with Gasteiger partial charge in [-0.1, -0.05) is 157 Å². The number of aliphatic hydroxyl groups is 2. The summed E-state index contributed by atoms with van der Waals surface area (Å²) in [7, 11) is 1.44. The smallest absolute Gasteiger partial charge is 0.389 e. The molecular formula is C44H78N2O7P+. The molecule has 0 heterocycles. The second-order valence-corrected chi connectivity index (χ2v) is 16.3. The largest absolute Gasteiger partial charge is 0.472 e. The Morgan fingerprint density at radius 1 is 0.704 bits per heavy atom. The lowest BCUT2D eigenvalue weighted by Crippen LogP contribution is -2.45. The number of phosphoric ester groups is 1. The highest BCUT2D eigenvalue weighted by Crippen LogP contribution is 2.43. The van der Waals surface area contributed by atoms with E-state index in [1.807, 2.05) is 57.6 Å². The van der Waals surface area contributed by atoms with Crippen molar-refractivity contribution in [1.82, 2.24) is 5.32 Å². The number of carbonyl (C=O) groups excluding carboxylic acids is 1. The van der Waals surface area contributed by atoms with Crippen molar-refractivity contribution in [2.24, 2.45) is 0 Å². The predicted octanol–water partition coefficient (Wildman–Crippen LogP) is 9.99. The second kappa shape index (κ2) is 35.1. The zero-order valence-electron chi connectivity index (χ0n) is 34.5. The molecule has 0 aromatic rings. The molecule has 0 bridgehead atoms. The lowest BCUT2D eigenvalue weighted by molar-refractivity contribution is -0.870. The number of unbranched alkanes of at least 4 members (excludes halogenated alkanes) is 10. The molecule has 2 unspecified atom stereocenters. The highest BCUT2D eigenvalue weighted by atomic mass is 31.2. The van der Waals surface area contributed by atoms with E-state index in [-0.39, 0.29) is 25.5 Å². The number of amides is 1. The van der Waals surface area contributed by atoms with E-state index >= 15 is 0 Å². The Hall–Kier alpha value is -2.36. The van der Waals surface area contributed by atoms with Crippen LogP contribution in [-0.4, -0.2) is 84.6 Å². The number of rotatable bonds is 35. The number of hydrogen-bond acceptors (Lipinski definition) is 6. The number of nitrogens with one attached hydrogen (secondary N) is 1. The van der Waals surface area contributed by atoms with Crippen molar-refractivity contribution in [3.05, 3.63) is 85.1 Å². The van der Waals surface area contributed by atoms with Crippen molar-refractivity contribution in [1.29, 1.82) is 0 Å². The summed E-state index contributed by atoms with van der Waals surface area (Å²) < 4.78 is 23.4. The molecule has 310 valence electrons. The minimum Gasteiger partial charge on any atom is -0.389 e. The van der Waals surface area contributed by atoms with Gasteiger partial charge in [0.2, 0.25) is 5.91 Å². The number of hydrogen-bond donors (Lipinski definition) is 4. The average molecular weight is 778 g/mol. The van der Waals surface area contributed by atoms with E-state index in [1.54, 1.807) is 12.2 Å². The van der Waals surface area contributed by atoms with Gasteiger partial charge in [-0.3, -0.25) is 13.8 Å². The summed E-state index contributed by atoms with van der Waals surface area (Å²) in [5.74, 6) is -0.325. The summed E-state index contributed by atoms with van der Waals surface area (Å²) in [5.41, 5.74) is 0. The SMILES string of the molecule is CC/C=C\C/C=C\C/C=C\C/C=C\C=C/C(O)C/C=C\CCC(=O)N[C@@H](COP(=O)(O)OCC[N+](C)(C)C)[C@H](O)/C=C/CCCCCCCCCCCC. The number of carbonyl (C=O) groups is 1. The standard InChI is InChI=1S/C44H77N2O7P/c1-6-8-10-12-14-16-18-20-21-23-25-27-30-34-41(47)35-31-29-33-37-44(49)45-42(40-53-54(50,51)52-39-38-46(3,4)5)43(48)36-32-28-26-24-22-19-17-15-13-11-9-7-2/h8,10,14,16,20-21,25,27,29-32,34,36,41-43,47-48H,6-7,9,11-13,15,17-19,22-24,26,28,33,35,37-40H2,1-5H3,(H-,45,49,50,51)/p+1/b10-8-,16-14-,21-20-,27-25-,31-29-,34-30-,36-32+/t41?,42-,43+/m0/s1. The summed E-state index contributed by atoms with van der Waals surface area (Å²) in [5, 5.41) is 23.9. The van der Waals surface area contributed by atoms with Crippen LogP contribution in [0.2, 0.25) is 0 Å². The van der Waals surface area contributed by atoms with Crippen LogP contribution in [0.15, 0.2) is 85.1 Å². The normalized spacial score (nSPS) is 15.9. The van der Waals surface area contributed by atoms with E-state index in [2.05, 4.69) is 55.6 Å². The summed E-state index contributed by atoms with van der Waals surface area (Å²) in [6, 6.07) is -0.932. The van der Waals surface area contributed by atoms with Gasteiger partial charge in [-0.05, 0) is 51.4 Å². The van der Waals surface area contributed by atoms with Crippen LogP contribution in [0.4, 0.5) is 0 Å². The van der Waals surface area contributed by atoms with Gasteiger partial charge in [0.1, 0.15) is 13.2 Å². The quantitative estimate of drug-likeness (QED) is 0.0166. The first-order valence-corrected chi connectivity index (χ1v) is 22.1. The van der Waals surface area contributed by atoms with Crippen LogP contribution < -0.4 is 5.32 Å². The molecule has 0 fully saturated rings. The fourth-order valence-electron chi connectivity index (χ4n) is 5.15. The number of quaternary nitrogens is 1. The molecular weight excluding hydrogens is 699 g/mol. The van der Waals surface area contributed by atoms with Gasteiger partial charge in [-0.25, -0.2) is 4.57 Å². The fraction of sp³-hybridized carbons (Fsp3) is 0.659. The van der Waals surface area contributed by atoms with E-state index in [1.165, 1.54) is 51.4 Å². The molecule has 1 amide bonds. The maximum atomic E-state index is 12.8. The molecule has 54 heavy (non-hydrogen) atoms. The number of allylic oxidation sites excluding steroid dienone is 11. The topological polar surface area (TPSA) is 125 Å². The Balaban J connectivity index is 4.74.